The summed E-state index contributed by atoms with van der Waals surface area (Å²) in [5, 5.41) is 13.1. The zero-order valence-corrected chi connectivity index (χ0v) is 9.52. The molecule has 5 nitrogen and oxygen atoms in total. The quantitative estimate of drug-likeness (QED) is 0.841. The molecule has 5 heteroatoms. The summed E-state index contributed by atoms with van der Waals surface area (Å²) in [7, 11) is 0. The molecule has 1 unspecified atom stereocenters. The molecule has 1 aromatic heterocycles. The fraction of sp³-hybridized carbons (Fsp3) is 0.727. The van der Waals surface area contributed by atoms with Gasteiger partial charge in [-0.15, -0.1) is 0 Å². The third-order valence-corrected chi connectivity index (χ3v) is 3.05. The van der Waals surface area contributed by atoms with Crippen molar-refractivity contribution in [3.8, 4) is 0 Å². The molecule has 0 saturated heterocycles. The number of carbonyl (C=O) groups is 1. The van der Waals surface area contributed by atoms with Crippen LogP contribution in [-0.4, -0.2) is 25.8 Å². The van der Waals surface area contributed by atoms with Gasteiger partial charge in [-0.25, -0.2) is 9.67 Å². The Balaban J connectivity index is 2.12. The number of aromatic nitrogens is 3. The lowest BCUT2D eigenvalue weighted by molar-refractivity contribution is -0.137. The molecule has 0 spiro atoms. The van der Waals surface area contributed by atoms with E-state index in [0.717, 1.165) is 37.5 Å². The molecule has 2 heterocycles. The highest BCUT2D eigenvalue weighted by atomic mass is 16.4. The Bertz CT molecular complexity index is 387. The molecule has 0 saturated carbocycles. The van der Waals surface area contributed by atoms with Crippen molar-refractivity contribution in [1.82, 2.24) is 14.8 Å². The number of rotatable bonds is 4. The van der Waals surface area contributed by atoms with Gasteiger partial charge in [-0.1, -0.05) is 6.92 Å². The third kappa shape index (κ3) is 2.23. The maximum absolute atomic E-state index is 10.6. The summed E-state index contributed by atoms with van der Waals surface area (Å²) in [6.07, 6.45) is 3.85. The summed E-state index contributed by atoms with van der Waals surface area (Å²) in [5.41, 5.74) is 0. The van der Waals surface area contributed by atoms with Gasteiger partial charge in [0.1, 0.15) is 5.82 Å². The van der Waals surface area contributed by atoms with Crippen molar-refractivity contribution >= 4 is 5.97 Å². The average molecular weight is 223 g/mol. The van der Waals surface area contributed by atoms with E-state index in [4.69, 9.17) is 5.11 Å². The Morgan fingerprint density at radius 2 is 2.44 bits per heavy atom. The van der Waals surface area contributed by atoms with Crippen LogP contribution < -0.4 is 0 Å². The second-order valence-corrected chi connectivity index (χ2v) is 4.23. The number of hydrogen-bond donors (Lipinski definition) is 1. The van der Waals surface area contributed by atoms with Crippen LogP contribution >= 0.6 is 0 Å². The Hall–Kier alpha value is -1.39. The van der Waals surface area contributed by atoms with Crippen LogP contribution in [0.15, 0.2) is 0 Å². The normalized spacial score (nSPS) is 19.4. The number of carboxylic acids is 1. The van der Waals surface area contributed by atoms with Gasteiger partial charge >= 0.3 is 5.97 Å². The van der Waals surface area contributed by atoms with E-state index >= 15 is 0 Å². The summed E-state index contributed by atoms with van der Waals surface area (Å²) >= 11 is 0. The monoisotopic (exact) mass is 223 g/mol. The van der Waals surface area contributed by atoms with E-state index in [-0.39, 0.29) is 12.3 Å². The van der Waals surface area contributed by atoms with Gasteiger partial charge in [-0.05, 0) is 19.3 Å². The molecule has 1 aliphatic rings. The number of fused-ring (bicyclic) bond motifs is 1. The molecule has 16 heavy (non-hydrogen) atoms. The minimum atomic E-state index is -0.729. The Morgan fingerprint density at radius 3 is 3.12 bits per heavy atom. The molecule has 88 valence electrons. The second kappa shape index (κ2) is 4.63. The first-order valence-electron chi connectivity index (χ1n) is 5.86. The summed E-state index contributed by atoms with van der Waals surface area (Å²) in [6, 6.07) is 0. The Labute approximate surface area is 94.5 Å². The third-order valence-electron chi connectivity index (χ3n) is 3.05. The van der Waals surface area contributed by atoms with Crippen LogP contribution in [0.25, 0.3) is 0 Å². The summed E-state index contributed by atoms with van der Waals surface area (Å²) in [5.74, 6) is 1.41. The van der Waals surface area contributed by atoms with Crippen LogP contribution in [0.5, 0.6) is 0 Å². The van der Waals surface area contributed by atoms with E-state index in [1.54, 1.807) is 0 Å². The minimum absolute atomic E-state index is 0.221. The molecule has 1 atom stereocenters. The van der Waals surface area contributed by atoms with Crippen molar-refractivity contribution < 1.29 is 9.90 Å². The van der Waals surface area contributed by atoms with Gasteiger partial charge < -0.3 is 5.11 Å². The van der Waals surface area contributed by atoms with Crippen molar-refractivity contribution in [3.63, 3.8) is 0 Å². The lowest BCUT2D eigenvalue weighted by atomic mass is 9.94. The fourth-order valence-corrected chi connectivity index (χ4v) is 2.21. The lowest BCUT2D eigenvalue weighted by Crippen LogP contribution is -2.17. The lowest BCUT2D eigenvalue weighted by Gasteiger charge is -2.21. The van der Waals surface area contributed by atoms with E-state index in [2.05, 4.69) is 10.1 Å². The summed E-state index contributed by atoms with van der Waals surface area (Å²) in [6.45, 7) is 2.96. The largest absolute Gasteiger partial charge is 0.481 e. The molecule has 1 aliphatic heterocycles. The van der Waals surface area contributed by atoms with Gasteiger partial charge in [0.2, 0.25) is 0 Å². The molecule has 1 N–H and O–H groups in total. The molecule has 0 fully saturated rings. The van der Waals surface area contributed by atoms with E-state index in [0.29, 0.717) is 6.42 Å². The van der Waals surface area contributed by atoms with Gasteiger partial charge in [0.25, 0.3) is 0 Å². The van der Waals surface area contributed by atoms with Gasteiger partial charge in [0.15, 0.2) is 5.82 Å². The molecular formula is C11H17N3O2. The van der Waals surface area contributed by atoms with Crippen LogP contribution in [-0.2, 0) is 17.8 Å². The molecule has 1 aromatic rings. The number of carboxylic acid groups (broad SMARTS) is 1. The first kappa shape index (κ1) is 11.1. The van der Waals surface area contributed by atoms with Gasteiger partial charge in [0, 0.05) is 25.3 Å². The fourth-order valence-electron chi connectivity index (χ4n) is 2.21. The zero-order chi connectivity index (χ0) is 11.5. The van der Waals surface area contributed by atoms with E-state index in [1.807, 2.05) is 11.6 Å². The van der Waals surface area contributed by atoms with Crippen LogP contribution in [0.4, 0.5) is 0 Å². The molecule has 0 aliphatic carbocycles. The average Bonchev–Trinajstić information content (AvgIpc) is 2.69. The van der Waals surface area contributed by atoms with Gasteiger partial charge in [-0.3, -0.25) is 4.79 Å². The number of aliphatic carboxylic acids is 1. The summed E-state index contributed by atoms with van der Waals surface area (Å²) in [4.78, 5) is 15.1. The van der Waals surface area contributed by atoms with E-state index in [9.17, 15) is 4.79 Å². The molecule has 0 amide bonds. The standard InChI is InChI=1S/C11H17N3O2/c1-2-9-12-11-8(5-6-10(15)16)4-3-7-14(11)13-9/h8H,2-7H2,1H3,(H,15,16). The van der Waals surface area contributed by atoms with Crippen molar-refractivity contribution in [1.29, 1.82) is 0 Å². The Morgan fingerprint density at radius 1 is 1.62 bits per heavy atom. The second-order valence-electron chi connectivity index (χ2n) is 4.23. The minimum Gasteiger partial charge on any atom is -0.481 e. The first-order chi connectivity index (χ1) is 7.70. The molecule has 2 rings (SSSR count). The van der Waals surface area contributed by atoms with Gasteiger partial charge in [0.05, 0.1) is 0 Å². The van der Waals surface area contributed by atoms with Crippen molar-refractivity contribution in [2.75, 3.05) is 0 Å². The van der Waals surface area contributed by atoms with E-state index in [1.165, 1.54) is 0 Å². The maximum Gasteiger partial charge on any atom is 0.303 e. The number of nitrogens with zero attached hydrogens (tertiary/aromatic N) is 3. The Kier molecular flexibility index (Phi) is 3.22. The number of hydrogen-bond acceptors (Lipinski definition) is 3. The highest BCUT2D eigenvalue weighted by Gasteiger charge is 2.24. The van der Waals surface area contributed by atoms with Crippen molar-refractivity contribution in [2.24, 2.45) is 0 Å². The molecule has 0 bridgehead atoms. The van der Waals surface area contributed by atoms with Crippen LogP contribution in [0, 0.1) is 0 Å². The SMILES string of the molecule is CCc1nc2n(n1)CCCC2CCC(=O)O. The number of aryl methyl sites for hydroxylation is 2. The highest BCUT2D eigenvalue weighted by Crippen LogP contribution is 2.29. The van der Waals surface area contributed by atoms with Crippen molar-refractivity contribution in [3.05, 3.63) is 11.6 Å². The van der Waals surface area contributed by atoms with Crippen LogP contribution in [0.2, 0.25) is 0 Å². The maximum atomic E-state index is 10.6. The predicted molar refractivity (Wildman–Crippen MR) is 58.2 cm³/mol. The molecule has 0 radical (unpaired) electrons. The first-order valence-corrected chi connectivity index (χ1v) is 5.86. The van der Waals surface area contributed by atoms with Crippen LogP contribution in [0.3, 0.4) is 0 Å². The summed E-state index contributed by atoms with van der Waals surface area (Å²) < 4.78 is 1.95. The highest BCUT2D eigenvalue weighted by molar-refractivity contribution is 5.66. The molecule has 0 aromatic carbocycles. The topological polar surface area (TPSA) is 68.0 Å². The van der Waals surface area contributed by atoms with Gasteiger partial charge in [-0.2, -0.15) is 5.10 Å². The molecular weight excluding hydrogens is 206 g/mol. The zero-order valence-electron chi connectivity index (χ0n) is 9.52. The van der Waals surface area contributed by atoms with E-state index < -0.39 is 5.97 Å². The smallest absolute Gasteiger partial charge is 0.303 e. The van der Waals surface area contributed by atoms with Crippen molar-refractivity contribution in [2.45, 2.75) is 51.5 Å². The predicted octanol–water partition coefficient (Wildman–Crippen LogP) is 1.58. The van der Waals surface area contributed by atoms with Crippen LogP contribution in [0.1, 0.15) is 50.2 Å².